The molecular formula is C16H19F3N4O2S. The Morgan fingerprint density at radius 3 is 2.50 bits per heavy atom. The highest BCUT2D eigenvalue weighted by Crippen LogP contribution is 2.37. The number of nitrogens with two attached hydrogens (primary N) is 2. The van der Waals surface area contributed by atoms with E-state index in [0.29, 0.717) is 31.8 Å². The average molecular weight is 388 g/mol. The molecule has 142 valence electrons. The average Bonchev–Trinajstić information content (AvgIpc) is 2.97. The second kappa shape index (κ2) is 7.28. The maximum atomic E-state index is 13.1. The summed E-state index contributed by atoms with van der Waals surface area (Å²) in [6, 6.07) is 4.57. The number of primary amides is 1. The number of hydrogen-bond donors (Lipinski definition) is 2. The number of nitrogens with zero attached hydrogens (tertiary/aromatic N) is 2. The monoisotopic (exact) mass is 388 g/mol. The highest BCUT2D eigenvalue weighted by molar-refractivity contribution is 8.02. The molecule has 0 bridgehead atoms. The number of halogens is 3. The molecule has 0 radical (unpaired) electrons. The molecule has 0 spiro atoms. The van der Waals surface area contributed by atoms with Crippen LogP contribution in [0, 0.1) is 0 Å². The zero-order valence-electron chi connectivity index (χ0n) is 13.8. The Hall–Kier alpha value is -2.07. The van der Waals surface area contributed by atoms with Crippen molar-refractivity contribution in [2.45, 2.75) is 30.6 Å². The summed E-state index contributed by atoms with van der Waals surface area (Å²) in [5.74, 6) is 0.142. The molecule has 0 aromatic heterocycles. The van der Waals surface area contributed by atoms with Crippen molar-refractivity contribution >= 4 is 17.8 Å². The fraction of sp³-hybridized carbons (Fsp3) is 0.438. The van der Waals surface area contributed by atoms with Crippen molar-refractivity contribution in [2.24, 2.45) is 11.5 Å². The number of piperidine rings is 1. The molecule has 0 aliphatic carbocycles. The van der Waals surface area contributed by atoms with Crippen molar-refractivity contribution in [2.75, 3.05) is 13.1 Å². The topological polar surface area (TPSA) is 84.8 Å². The smallest absolute Gasteiger partial charge is 0.419 e. The van der Waals surface area contributed by atoms with Gasteiger partial charge in [-0.2, -0.15) is 13.2 Å². The molecule has 1 fully saturated rings. The lowest BCUT2D eigenvalue weighted by Gasteiger charge is -2.38. The number of carbonyl (C=O) groups is 1. The van der Waals surface area contributed by atoms with Crippen LogP contribution in [0.1, 0.15) is 18.4 Å². The Kier molecular flexibility index (Phi) is 5.24. The lowest BCUT2D eigenvalue weighted by molar-refractivity contribution is -0.139. The fourth-order valence-electron chi connectivity index (χ4n) is 3.06. The van der Waals surface area contributed by atoms with Crippen LogP contribution >= 0.6 is 11.8 Å². The second-order valence-electron chi connectivity index (χ2n) is 6.06. The highest BCUT2D eigenvalue weighted by Gasteiger charge is 2.38. The molecule has 2 amide bonds. The van der Waals surface area contributed by atoms with Gasteiger partial charge in [-0.1, -0.05) is 23.9 Å². The van der Waals surface area contributed by atoms with Crippen LogP contribution in [0.25, 0.3) is 0 Å². The third-order valence-electron chi connectivity index (χ3n) is 4.32. The third kappa shape index (κ3) is 3.85. The highest BCUT2D eigenvalue weighted by atomic mass is 32.2. The number of para-hydroxylation sites is 1. The van der Waals surface area contributed by atoms with Gasteiger partial charge in [0.05, 0.1) is 5.56 Å². The summed E-state index contributed by atoms with van der Waals surface area (Å²) in [6.07, 6.45) is -3.71. The minimum Gasteiger partial charge on any atom is -0.490 e. The van der Waals surface area contributed by atoms with E-state index in [9.17, 15) is 18.0 Å². The molecule has 4 N–H and O–H groups in total. The lowest BCUT2D eigenvalue weighted by Crippen LogP contribution is -2.52. The molecular weight excluding hydrogens is 369 g/mol. The lowest BCUT2D eigenvalue weighted by atomic mass is 10.1. The number of carbonyl (C=O) groups excluding carboxylic acids is 1. The predicted octanol–water partition coefficient (Wildman–Crippen LogP) is 2.72. The van der Waals surface area contributed by atoms with E-state index in [1.165, 1.54) is 34.9 Å². The molecule has 1 aromatic rings. The van der Waals surface area contributed by atoms with Crippen LogP contribution in [0.5, 0.6) is 5.75 Å². The van der Waals surface area contributed by atoms with E-state index in [1.54, 1.807) is 5.41 Å². The van der Waals surface area contributed by atoms with E-state index in [0.717, 1.165) is 6.07 Å². The first-order chi connectivity index (χ1) is 12.3. The molecule has 1 unspecified atom stereocenters. The first-order valence-corrected chi connectivity index (χ1v) is 8.98. The van der Waals surface area contributed by atoms with Crippen molar-refractivity contribution in [1.82, 2.24) is 9.80 Å². The quantitative estimate of drug-likeness (QED) is 0.832. The SMILES string of the molecule is NC(=O)N1C(N)=CSC1N1CCC(Oc2ccccc2C(F)(F)F)CC1. The van der Waals surface area contributed by atoms with Crippen LogP contribution in [0.4, 0.5) is 18.0 Å². The third-order valence-corrected chi connectivity index (χ3v) is 5.45. The van der Waals surface area contributed by atoms with Crippen LogP contribution in [-0.2, 0) is 6.18 Å². The number of alkyl halides is 3. The van der Waals surface area contributed by atoms with Crippen LogP contribution < -0.4 is 16.2 Å². The molecule has 2 heterocycles. The van der Waals surface area contributed by atoms with Gasteiger partial charge >= 0.3 is 12.2 Å². The molecule has 1 atom stereocenters. The van der Waals surface area contributed by atoms with Crippen LogP contribution in [-0.4, -0.2) is 40.5 Å². The minimum absolute atomic E-state index is 0.154. The Balaban J connectivity index is 1.61. The predicted molar refractivity (Wildman–Crippen MR) is 91.7 cm³/mol. The zero-order valence-corrected chi connectivity index (χ0v) is 14.6. The Bertz CT molecular complexity index is 705. The summed E-state index contributed by atoms with van der Waals surface area (Å²) in [4.78, 5) is 14.9. The number of benzene rings is 1. The van der Waals surface area contributed by atoms with Gasteiger partial charge in [0.15, 0.2) is 0 Å². The van der Waals surface area contributed by atoms with Crippen molar-refractivity contribution < 1.29 is 22.7 Å². The summed E-state index contributed by atoms with van der Waals surface area (Å²) in [7, 11) is 0. The van der Waals surface area contributed by atoms with Crippen molar-refractivity contribution in [3.63, 3.8) is 0 Å². The van der Waals surface area contributed by atoms with E-state index in [2.05, 4.69) is 0 Å². The van der Waals surface area contributed by atoms with E-state index >= 15 is 0 Å². The van der Waals surface area contributed by atoms with Crippen molar-refractivity contribution in [3.8, 4) is 5.75 Å². The standard InChI is InChI=1S/C16H19F3N4O2S/c17-16(18,19)11-3-1-2-4-12(11)25-10-5-7-22(8-6-10)15-23(14(21)24)13(20)9-26-15/h1-4,9-10,15H,5-8,20H2,(H2,21,24). The van der Waals surface area contributed by atoms with E-state index < -0.39 is 17.8 Å². The molecule has 2 aliphatic heterocycles. The second-order valence-corrected chi connectivity index (χ2v) is 6.99. The van der Waals surface area contributed by atoms with E-state index in [-0.39, 0.29) is 17.4 Å². The van der Waals surface area contributed by atoms with Gasteiger partial charge in [0.25, 0.3) is 0 Å². The molecule has 1 aromatic carbocycles. The molecule has 10 heteroatoms. The number of thioether (sulfide) groups is 1. The molecule has 3 rings (SSSR count). The number of amides is 2. The molecule has 2 aliphatic rings. The van der Waals surface area contributed by atoms with Gasteiger partial charge in [-0.3, -0.25) is 9.80 Å². The molecule has 0 saturated carbocycles. The Morgan fingerprint density at radius 2 is 1.88 bits per heavy atom. The van der Waals surface area contributed by atoms with Gasteiger partial charge < -0.3 is 16.2 Å². The van der Waals surface area contributed by atoms with Gasteiger partial charge in [-0.25, -0.2) is 4.79 Å². The number of ether oxygens (including phenoxy) is 1. The van der Waals surface area contributed by atoms with Gasteiger partial charge in [-0.15, -0.1) is 0 Å². The molecule has 1 saturated heterocycles. The Labute approximate surface area is 152 Å². The summed E-state index contributed by atoms with van der Waals surface area (Å²) >= 11 is 1.38. The van der Waals surface area contributed by atoms with Crippen LogP contribution in [0.15, 0.2) is 35.5 Å². The van der Waals surface area contributed by atoms with Crippen LogP contribution in [0.2, 0.25) is 0 Å². The summed E-state index contributed by atoms with van der Waals surface area (Å²) in [5, 5.41) is 1.66. The minimum atomic E-state index is -4.46. The van der Waals surface area contributed by atoms with Gasteiger partial charge in [-0.05, 0) is 25.0 Å². The summed E-state index contributed by atoms with van der Waals surface area (Å²) in [5.41, 5.74) is 10.0. The fourth-order valence-corrected chi connectivity index (χ4v) is 4.16. The van der Waals surface area contributed by atoms with Gasteiger partial charge in [0, 0.05) is 18.5 Å². The molecule has 6 nitrogen and oxygen atoms in total. The summed E-state index contributed by atoms with van der Waals surface area (Å²) in [6.45, 7) is 1.11. The summed E-state index contributed by atoms with van der Waals surface area (Å²) < 4.78 is 44.8. The molecule has 26 heavy (non-hydrogen) atoms. The number of urea groups is 1. The van der Waals surface area contributed by atoms with E-state index in [4.69, 9.17) is 16.2 Å². The maximum Gasteiger partial charge on any atom is 0.419 e. The van der Waals surface area contributed by atoms with E-state index in [1.807, 2.05) is 4.90 Å². The number of likely N-dealkylation sites (tertiary alicyclic amines) is 1. The van der Waals surface area contributed by atoms with Crippen LogP contribution in [0.3, 0.4) is 0 Å². The van der Waals surface area contributed by atoms with Gasteiger partial charge in [0.1, 0.15) is 23.2 Å². The van der Waals surface area contributed by atoms with Crippen molar-refractivity contribution in [3.05, 3.63) is 41.1 Å². The number of hydrogen-bond acceptors (Lipinski definition) is 5. The van der Waals surface area contributed by atoms with Crippen molar-refractivity contribution in [1.29, 1.82) is 0 Å². The largest absolute Gasteiger partial charge is 0.490 e. The Morgan fingerprint density at radius 1 is 1.23 bits per heavy atom. The number of rotatable bonds is 3. The zero-order chi connectivity index (χ0) is 18.9. The maximum absolute atomic E-state index is 13.1. The first-order valence-electron chi connectivity index (χ1n) is 8.04. The van der Waals surface area contributed by atoms with Gasteiger partial charge in [0.2, 0.25) is 0 Å². The first kappa shape index (κ1) is 18.7. The normalized spacial score (nSPS) is 22.3.